The summed E-state index contributed by atoms with van der Waals surface area (Å²) in [5, 5.41) is 12.0. The maximum absolute atomic E-state index is 11.9. The van der Waals surface area contributed by atoms with Crippen LogP contribution in [0.4, 0.5) is 0 Å². The van der Waals surface area contributed by atoms with Crippen molar-refractivity contribution in [1.82, 2.24) is 14.7 Å². The SMILES string of the molecule is CC(C)[C@@H](CO)NC(=O)Cc1cn2ccccc2n1. The Balaban J connectivity index is 2.02. The number of hydrogen-bond donors (Lipinski definition) is 2. The molecule has 0 unspecified atom stereocenters. The number of aromatic nitrogens is 2. The number of carbonyl (C=O) groups excluding carboxylic acids is 1. The van der Waals surface area contributed by atoms with Crippen LogP contribution in [0.3, 0.4) is 0 Å². The number of aliphatic hydroxyl groups is 1. The number of hydrogen-bond acceptors (Lipinski definition) is 3. The Bertz CT molecular complexity index is 530. The van der Waals surface area contributed by atoms with E-state index >= 15 is 0 Å². The molecule has 0 aliphatic carbocycles. The fourth-order valence-corrected chi connectivity index (χ4v) is 1.92. The quantitative estimate of drug-likeness (QED) is 0.844. The van der Waals surface area contributed by atoms with Gasteiger partial charge in [0.2, 0.25) is 5.91 Å². The fourth-order valence-electron chi connectivity index (χ4n) is 1.92. The summed E-state index contributed by atoms with van der Waals surface area (Å²) >= 11 is 0. The molecule has 0 aliphatic heterocycles. The van der Waals surface area contributed by atoms with Crippen LogP contribution in [0, 0.1) is 5.92 Å². The van der Waals surface area contributed by atoms with Gasteiger partial charge in [-0.2, -0.15) is 0 Å². The Morgan fingerprint density at radius 3 is 2.89 bits per heavy atom. The molecular weight excluding hydrogens is 242 g/mol. The van der Waals surface area contributed by atoms with E-state index in [1.165, 1.54) is 0 Å². The molecule has 0 saturated carbocycles. The van der Waals surface area contributed by atoms with Crippen molar-refractivity contribution in [2.45, 2.75) is 26.3 Å². The van der Waals surface area contributed by atoms with E-state index in [0.717, 1.165) is 11.3 Å². The molecule has 0 radical (unpaired) electrons. The zero-order valence-electron chi connectivity index (χ0n) is 11.2. The van der Waals surface area contributed by atoms with Crippen LogP contribution >= 0.6 is 0 Å². The lowest BCUT2D eigenvalue weighted by Crippen LogP contribution is -2.41. The summed E-state index contributed by atoms with van der Waals surface area (Å²) in [5.74, 6) is 0.0891. The summed E-state index contributed by atoms with van der Waals surface area (Å²) in [7, 11) is 0. The molecule has 2 heterocycles. The van der Waals surface area contributed by atoms with Gasteiger partial charge in [0.15, 0.2) is 0 Å². The van der Waals surface area contributed by atoms with E-state index in [2.05, 4.69) is 10.3 Å². The van der Waals surface area contributed by atoms with Crippen LogP contribution in [0.15, 0.2) is 30.6 Å². The molecule has 2 N–H and O–H groups in total. The first-order chi connectivity index (χ1) is 9.10. The fraction of sp³-hybridized carbons (Fsp3) is 0.429. The van der Waals surface area contributed by atoms with Crippen LogP contribution in [0.25, 0.3) is 5.65 Å². The van der Waals surface area contributed by atoms with Gasteiger partial charge in [-0.3, -0.25) is 4.79 Å². The molecule has 1 amide bonds. The third-order valence-corrected chi connectivity index (χ3v) is 3.10. The van der Waals surface area contributed by atoms with Gasteiger partial charge >= 0.3 is 0 Å². The second kappa shape index (κ2) is 5.84. The standard InChI is InChI=1S/C14H19N3O2/c1-10(2)12(9-18)16-14(19)7-11-8-17-6-4-3-5-13(17)15-11/h3-6,8,10,12,18H,7,9H2,1-2H3,(H,16,19)/t12-/m1/s1. The highest BCUT2D eigenvalue weighted by molar-refractivity contribution is 5.78. The van der Waals surface area contributed by atoms with Gasteiger partial charge in [0.1, 0.15) is 5.65 Å². The molecule has 0 bridgehead atoms. The van der Waals surface area contributed by atoms with Crippen molar-refractivity contribution in [3.05, 3.63) is 36.3 Å². The average molecular weight is 261 g/mol. The van der Waals surface area contributed by atoms with Crippen LogP contribution in [0.2, 0.25) is 0 Å². The van der Waals surface area contributed by atoms with Gasteiger partial charge in [0.25, 0.3) is 0 Å². The Morgan fingerprint density at radius 2 is 2.26 bits per heavy atom. The van der Waals surface area contributed by atoms with Crippen LogP contribution in [-0.2, 0) is 11.2 Å². The molecule has 2 aromatic heterocycles. The van der Waals surface area contributed by atoms with Crippen molar-refractivity contribution < 1.29 is 9.90 Å². The van der Waals surface area contributed by atoms with Crippen LogP contribution < -0.4 is 5.32 Å². The molecule has 2 aromatic rings. The highest BCUT2D eigenvalue weighted by Gasteiger charge is 2.16. The highest BCUT2D eigenvalue weighted by Crippen LogP contribution is 2.06. The van der Waals surface area contributed by atoms with Gasteiger partial charge in [-0.05, 0) is 18.1 Å². The van der Waals surface area contributed by atoms with Gasteiger partial charge in [-0.25, -0.2) is 4.98 Å². The molecule has 0 aliphatic rings. The monoisotopic (exact) mass is 261 g/mol. The Hall–Kier alpha value is -1.88. The summed E-state index contributed by atoms with van der Waals surface area (Å²) in [4.78, 5) is 16.3. The number of fused-ring (bicyclic) bond motifs is 1. The minimum absolute atomic E-state index is 0.0471. The molecule has 102 valence electrons. The highest BCUT2D eigenvalue weighted by atomic mass is 16.3. The zero-order chi connectivity index (χ0) is 13.8. The topological polar surface area (TPSA) is 66.6 Å². The van der Waals surface area contributed by atoms with E-state index in [4.69, 9.17) is 0 Å². The van der Waals surface area contributed by atoms with Crippen LogP contribution in [0.5, 0.6) is 0 Å². The molecule has 1 atom stereocenters. The second-order valence-corrected chi connectivity index (χ2v) is 4.98. The molecule has 0 saturated heterocycles. The van der Waals surface area contributed by atoms with E-state index < -0.39 is 0 Å². The predicted octanol–water partition coefficient (Wildman–Crippen LogP) is 1.01. The lowest BCUT2D eigenvalue weighted by atomic mass is 10.1. The summed E-state index contributed by atoms with van der Waals surface area (Å²) in [6, 6.07) is 5.52. The number of nitrogens with one attached hydrogen (secondary N) is 1. The molecule has 0 fully saturated rings. The lowest BCUT2D eigenvalue weighted by Gasteiger charge is -2.19. The molecule has 2 rings (SSSR count). The first-order valence-corrected chi connectivity index (χ1v) is 6.43. The molecule has 0 spiro atoms. The molecule has 5 nitrogen and oxygen atoms in total. The van der Waals surface area contributed by atoms with Gasteiger partial charge in [0.05, 0.1) is 24.8 Å². The summed E-state index contributed by atoms with van der Waals surface area (Å²) < 4.78 is 1.88. The van der Waals surface area contributed by atoms with E-state index in [-0.39, 0.29) is 30.9 Å². The average Bonchev–Trinajstić information content (AvgIpc) is 2.77. The number of nitrogens with zero attached hydrogens (tertiary/aromatic N) is 2. The largest absolute Gasteiger partial charge is 0.394 e. The summed E-state index contributed by atoms with van der Waals surface area (Å²) in [5.41, 5.74) is 1.55. The minimum Gasteiger partial charge on any atom is -0.394 e. The van der Waals surface area contributed by atoms with E-state index in [0.29, 0.717) is 0 Å². The van der Waals surface area contributed by atoms with Crippen molar-refractivity contribution in [3.63, 3.8) is 0 Å². The molecule has 0 aromatic carbocycles. The van der Waals surface area contributed by atoms with Crippen LogP contribution in [-0.4, -0.2) is 33.0 Å². The van der Waals surface area contributed by atoms with Crippen LogP contribution in [0.1, 0.15) is 19.5 Å². The summed E-state index contributed by atoms with van der Waals surface area (Å²) in [6.45, 7) is 3.88. The van der Waals surface area contributed by atoms with Crippen molar-refractivity contribution in [1.29, 1.82) is 0 Å². The van der Waals surface area contributed by atoms with Crippen molar-refractivity contribution >= 4 is 11.6 Å². The third kappa shape index (κ3) is 3.32. The predicted molar refractivity (Wildman–Crippen MR) is 72.8 cm³/mol. The van der Waals surface area contributed by atoms with Gasteiger partial charge in [0, 0.05) is 12.4 Å². The zero-order valence-corrected chi connectivity index (χ0v) is 11.2. The number of amides is 1. The number of imidazole rings is 1. The van der Waals surface area contributed by atoms with Crippen molar-refractivity contribution in [3.8, 4) is 0 Å². The number of carbonyl (C=O) groups is 1. The first-order valence-electron chi connectivity index (χ1n) is 6.43. The third-order valence-electron chi connectivity index (χ3n) is 3.10. The molecular formula is C14H19N3O2. The van der Waals surface area contributed by atoms with Crippen molar-refractivity contribution in [2.24, 2.45) is 5.92 Å². The normalized spacial score (nSPS) is 12.8. The Labute approximate surface area is 112 Å². The van der Waals surface area contributed by atoms with Crippen molar-refractivity contribution in [2.75, 3.05) is 6.61 Å². The maximum atomic E-state index is 11.9. The molecule has 5 heteroatoms. The number of pyridine rings is 1. The number of aliphatic hydroxyl groups excluding tert-OH is 1. The smallest absolute Gasteiger partial charge is 0.226 e. The van der Waals surface area contributed by atoms with Gasteiger partial charge in [-0.15, -0.1) is 0 Å². The Morgan fingerprint density at radius 1 is 1.47 bits per heavy atom. The summed E-state index contributed by atoms with van der Waals surface area (Å²) in [6.07, 6.45) is 3.97. The maximum Gasteiger partial charge on any atom is 0.226 e. The van der Waals surface area contributed by atoms with Gasteiger partial charge in [-0.1, -0.05) is 19.9 Å². The first kappa shape index (κ1) is 13.5. The molecule has 19 heavy (non-hydrogen) atoms. The minimum atomic E-state index is -0.204. The Kier molecular flexibility index (Phi) is 4.16. The van der Waals surface area contributed by atoms with Gasteiger partial charge < -0.3 is 14.8 Å². The van der Waals surface area contributed by atoms with E-state index in [1.54, 1.807) is 0 Å². The number of rotatable bonds is 5. The van der Waals surface area contributed by atoms with E-state index in [1.807, 2.05) is 48.8 Å². The van der Waals surface area contributed by atoms with E-state index in [9.17, 15) is 9.90 Å². The lowest BCUT2D eigenvalue weighted by molar-refractivity contribution is -0.121. The second-order valence-electron chi connectivity index (χ2n) is 4.98.